The molecular formula is C23H21NO. The second-order valence-corrected chi connectivity index (χ2v) is 5.71. The van der Waals surface area contributed by atoms with E-state index in [9.17, 15) is 0 Å². The summed E-state index contributed by atoms with van der Waals surface area (Å²) in [5.41, 5.74) is 3.39. The summed E-state index contributed by atoms with van der Waals surface area (Å²) < 4.78 is 5.21. The topological polar surface area (TPSA) is 21.3 Å². The molecule has 25 heavy (non-hydrogen) atoms. The molecule has 2 heteroatoms. The van der Waals surface area contributed by atoms with E-state index < -0.39 is 0 Å². The molecule has 0 amide bonds. The number of methoxy groups -OCH3 is 1. The summed E-state index contributed by atoms with van der Waals surface area (Å²) in [7, 11) is 1.68. The molecule has 0 aliphatic carbocycles. The number of rotatable bonds is 5. The molecule has 0 heterocycles. The summed E-state index contributed by atoms with van der Waals surface area (Å²) in [6.07, 6.45) is 0. The van der Waals surface area contributed by atoms with Gasteiger partial charge in [-0.25, -0.2) is 0 Å². The molecule has 3 rings (SSSR count). The number of benzene rings is 3. The Kier molecular flexibility index (Phi) is 5.87. The van der Waals surface area contributed by atoms with E-state index in [4.69, 9.17) is 4.74 Å². The van der Waals surface area contributed by atoms with Crippen LogP contribution in [-0.4, -0.2) is 7.11 Å². The fourth-order valence-corrected chi connectivity index (χ4v) is 2.54. The number of nitrogens with one attached hydrogen (secondary N) is 1. The highest BCUT2D eigenvalue weighted by molar-refractivity contribution is 5.37. The molecule has 2 nitrogen and oxygen atoms in total. The molecule has 124 valence electrons. The summed E-state index contributed by atoms with van der Waals surface area (Å²) >= 11 is 0. The van der Waals surface area contributed by atoms with Gasteiger partial charge in [0.05, 0.1) is 13.2 Å². The minimum absolute atomic E-state index is 0.0245. The molecule has 0 fully saturated rings. The van der Waals surface area contributed by atoms with Crippen LogP contribution >= 0.6 is 0 Å². The van der Waals surface area contributed by atoms with Gasteiger partial charge in [0.25, 0.3) is 0 Å². The average Bonchev–Trinajstić information content (AvgIpc) is 2.70. The van der Waals surface area contributed by atoms with Crippen molar-refractivity contribution in [3.05, 3.63) is 102 Å². The van der Waals surface area contributed by atoms with Gasteiger partial charge in [-0.1, -0.05) is 72.5 Å². The van der Waals surface area contributed by atoms with E-state index in [1.165, 1.54) is 11.1 Å². The molecule has 0 radical (unpaired) electrons. The first-order chi connectivity index (χ1) is 12.3. The molecule has 0 bridgehead atoms. The molecule has 0 saturated carbocycles. The Morgan fingerprint density at radius 2 is 1.48 bits per heavy atom. The Morgan fingerprint density at radius 3 is 2.12 bits per heavy atom. The SMILES string of the molecule is COc1ccc(CNC(C#Cc2ccccc2)c2ccccc2)cc1. The maximum Gasteiger partial charge on any atom is 0.118 e. The van der Waals surface area contributed by atoms with Gasteiger partial charge in [-0.15, -0.1) is 0 Å². The lowest BCUT2D eigenvalue weighted by molar-refractivity contribution is 0.414. The van der Waals surface area contributed by atoms with E-state index in [1.54, 1.807) is 7.11 Å². The van der Waals surface area contributed by atoms with Crippen LogP contribution in [0.25, 0.3) is 0 Å². The minimum Gasteiger partial charge on any atom is -0.497 e. The molecule has 3 aromatic rings. The molecule has 0 saturated heterocycles. The van der Waals surface area contributed by atoms with Gasteiger partial charge in [-0.3, -0.25) is 5.32 Å². The maximum absolute atomic E-state index is 5.21. The first-order valence-electron chi connectivity index (χ1n) is 8.33. The predicted molar refractivity (Wildman–Crippen MR) is 102 cm³/mol. The van der Waals surface area contributed by atoms with Crippen LogP contribution in [0.1, 0.15) is 22.7 Å². The maximum atomic E-state index is 5.21. The van der Waals surface area contributed by atoms with Crippen LogP contribution in [0.15, 0.2) is 84.9 Å². The zero-order valence-corrected chi connectivity index (χ0v) is 14.3. The summed E-state index contributed by atoms with van der Waals surface area (Å²) in [6, 6.07) is 28.4. The van der Waals surface area contributed by atoms with Gasteiger partial charge >= 0.3 is 0 Å². The third-order valence-electron chi connectivity index (χ3n) is 3.94. The Bertz CT molecular complexity index is 830. The van der Waals surface area contributed by atoms with Gasteiger partial charge in [0, 0.05) is 12.1 Å². The Hall–Kier alpha value is -3.02. The molecular weight excluding hydrogens is 306 g/mol. The van der Waals surface area contributed by atoms with Gasteiger partial charge in [0.15, 0.2) is 0 Å². The second kappa shape index (κ2) is 8.73. The summed E-state index contributed by atoms with van der Waals surface area (Å²) in [6.45, 7) is 0.743. The van der Waals surface area contributed by atoms with E-state index in [1.807, 2.05) is 60.7 Å². The van der Waals surface area contributed by atoms with E-state index in [2.05, 4.69) is 41.4 Å². The van der Waals surface area contributed by atoms with Crippen LogP contribution in [0.2, 0.25) is 0 Å². The van der Waals surface area contributed by atoms with Crippen LogP contribution in [0.3, 0.4) is 0 Å². The summed E-state index contributed by atoms with van der Waals surface area (Å²) in [5.74, 6) is 7.49. The van der Waals surface area contributed by atoms with E-state index in [0.29, 0.717) is 0 Å². The highest BCUT2D eigenvalue weighted by atomic mass is 16.5. The third-order valence-corrected chi connectivity index (χ3v) is 3.94. The fraction of sp³-hybridized carbons (Fsp3) is 0.130. The fourth-order valence-electron chi connectivity index (χ4n) is 2.54. The van der Waals surface area contributed by atoms with Gasteiger partial charge in [-0.05, 0) is 35.4 Å². The second-order valence-electron chi connectivity index (χ2n) is 5.71. The van der Waals surface area contributed by atoms with Crippen molar-refractivity contribution in [3.63, 3.8) is 0 Å². The van der Waals surface area contributed by atoms with E-state index in [0.717, 1.165) is 17.9 Å². The Labute approximate surface area is 149 Å². The molecule has 1 N–H and O–H groups in total. The van der Waals surface area contributed by atoms with Crippen molar-refractivity contribution < 1.29 is 4.74 Å². The van der Waals surface area contributed by atoms with Crippen molar-refractivity contribution in [2.24, 2.45) is 0 Å². The first-order valence-corrected chi connectivity index (χ1v) is 8.33. The Morgan fingerprint density at radius 1 is 0.840 bits per heavy atom. The molecule has 0 aliphatic rings. The van der Waals surface area contributed by atoms with Crippen molar-refractivity contribution in [1.29, 1.82) is 0 Å². The van der Waals surface area contributed by atoms with Crippen LogP contribution in [0, 0.1) is 11.8 Å². The van der Waals surface area contributed by atoms with Gasteiger partial charge in [0.2, 0.25) is 0 Å². The molecule has 0 spiro atoms. The van der Waals surface area contributed by atoms with Crippen LogP contribution < -0.4 is 10.1 Å². The van der Waals surface area contributed by atoms with Crippen molar-refractivity contribution in [3.8, 4) is 17.6 Å². The van der Waals surface area contributed by atoms with Crippen molar-refractivity contribution in [2.45, 2.75) is 12.6 Å². The molecule has 1 unspecified atom stereocenters. The standard InChI is InChI=1S/C23H21NO/c1-25-22-15-12-20(13-16-22)18-24-23(21-10-6-3-7-11-21)17-14-19-8-4-2-5-9-19/h2-13,15-16,23-24H,18H2,1H3. The van der Waals surface area contributed by atoms with Crippen LogP contribution in [-0.2, 0) is 6.54 Å². The monoisotopic (exact) mass is 327 g/mol. The molecule has 0 aliphatic heterocycles. The van der Waals surface area contributed by atoms with Gasteiger partial charge < -0.3 is 4.74 Å². The zero-order chi connectivity index (χ0) is 17.3. The molecule has 0 aromatic heterocycles. The molecule has 3 aromatic carbocycles. The molecule has 1 atom stereocenters. The van der Waals surface area contributed by atoms with E-state index in [-0.39, 0.29) is 6.04 Å². The van der Waals surface area contributed by atoms with Crippen molar-refractivity contribution in [1.82, 2.24) is 5.32 Å². The van der Waals surface area contributed by atoms with Gasteiger partial charge in [-0.2, -0.15) is 0 Å². The normalized spacial score (nSPS) is 11.2. The highest BCUT2D eigenvalue weighted by Gasteiger charge is 2.07. The highest BCUT2D eigenvalue weighted by Crippen LogP contribution is 2.15. The smallest absolute Gasteiger partial charge is 0.118 e. The minimum atomic E-state index is -0.0245. The number of hydrogen-bond donors (Lipinski definition) is 1. The quantitative estimate of drug-likeness (QED) is 0.693. The summed E-state index contributed by atoms with van der Waals surface area (Å²) in [4.78, 5) is 0. The lowest BCUT2D eigenvalue weighted by Crippen LogP contribution is -2.19. The van der Waals surface area contributed by atoms with Crippen molar-refractivity contribution >= 4 is 0 Å². The third kappa shape index (κ3) is 4.97. The largest absolute Gasteiger partial charge is 0.497 e. The predicted octanol–water partition coefficient (Wildman–Crippen LogP) is 4.58. The Balaban J connectivity index is 1.76. The van der Waals surface area contributed by atoms with Crippen LogP contribution in [0.4, 0.5) is 0 Å². The number of hydrogen-bond acceptors (Lipinski definition) is 2. The first kappa shape index (κ1) is 16.8. The van der Waals surface area contributed by atoms with Crippen LogP contribution in [0.5, 0.6) is 5.75 Å². The number of ether oxygens (including phenoxy) is 1. The zero-order valence-electron chi connectivity index (χ0n) is 14.3. The average molecular weight is 327 g/mol. The lowest BCUT2D eigenvalue weighted by Gasteiger charge is -2.14. The summed E-state index contributed by atoms with van der Waals surface area (Å²) in [5, 5.41) is 3.55. The van der Waals surface area contributed by atoms with E-state index >= 15 is 0 Å². The lowest BCUT2D eigenvalue weighted by atomic mass is 10.1. The van der Waals surface area contributed by atoms with Crippen molar-refractivity contribution in [2.75, 3.05) is 7.11 Å². The van der Waals surface area contributed by atoms with Gasteiger partial charge in [0.1, 0.15) is 5.75 Å².